The highest BCUT2D eigenvalue weighted by molar-refractivity contribution is 6.02. The van der Waals surface area contributed by atoms with Crippen molar-refractivity contribution in [3.8, 4) is 23.0 Å². The average Bonchev–Trinajstić information content (AvgIpc) is 2.72. The van der Waals surface area contributed by atoms with Crippen molar-refractivity contribution in [3.63, 3.8) is 0 Å². The number of hydrogen-bond donors (Lipinski definition) is 3. The molecule has 29 heavy (non-hydrogen) atoms. The van der Waals surface area contributed by atoms with E-state index in [2.05, 4.69) is 5.32 Å². The van der Waals surface area contributed by atoms with Gasteiger partial charge in [0.1, 0.15) is 0 Å². The molecule has 0 aliphatic carbocycles. The van der Waals surface area contributed by atoms with Gasteiger partial charge in [-0.15, -0.1) is 0 Å². The first-order valence-corrected chi connectivity index (χ1v) is 9.06. The van der Waals surface area contributed by atoms with Crippen molar-refractivity contribution in [2.75, 3.05) is 20.8 Å². The van der Waals surface area contributed by atoms with Gasteiger partial charge in [-0.3, -0.25) is 4.79 Å². The van der Waals surface area contributed by atoms with Gasteiger partial charge in [0.2, 0.25) is 0 Å². The number of carbonyl (C=O) groups excluding carboxylic acids is 1. The highest BCUT2D eigenvalue weighted by Gasteiger charge is 2.03. The molecule has 0 saturated heterocycles. The van der Waals surface area contributed by atoms with E-state index < -0.39 is 0 Å². The second-order valence-corrected chi connectivity index (χ2v) is 6.06. The number of aromatic hydroxyl groups is 2. The van der Waals surface area contributed by atoms with Crippen molar-refractivity contribution in [3.05, 3.63) is 71.5 Å². The first-order valence-electron chi connectivity index (χ1n) is 9.06. The summed E-state index contributed by atoms with van der Waals surface area (Å²) in [6.07, 6.45) is 8.19. The minimum absolute atomic E-state index is 0.0429. The lowest BCUT2D eigenvalue weighted by Gasteiger charge is -2.05. The summed E-state index contributed by atoms with van der Waals surface area (Å²) in [5.74, 6) is 0.640. The fourth-order valence-corrected chi connectivity index (χ4v) is 2.52. The number of likely N-dealkylation sites (N-methyl/N-ethyl adjacent to an activating group) is 1. The maximum Gasteiger partial charge on any atom is 0.180 e. The van der Waals surface area contributed by atoms with Crippen LogP contribution in [-0.4, -0.2) is 36.8 Å². The molecular formula is C23H25NO5. The van der Waals surface area contributed by atoms with E-state index in [9.17, 15) is 15.0 Å². The molecule has 152 valence electrons. The summed E-state index contributed by atoms with van der Waals surface area (Å²) in [6, 6.07) is 9.85. The van der Waals surface area contributed by atoms with Crippen LogP contribution >= 0.6 is 0 Å². The second-order valence-electron chi connectivity index (χ2n) is 6.06. The van der Waals surface area contributed by atoms with Gasteiger partial charge in [0.15, 0.2) is 28.8 Å². The van der Waals surface area contributed by atoms with Crippen LogP contribution in [0.2, 0.25) is 0 Å². The summed E-state index contributed by atoms with van der Waals surface area (Å²) in [4.78, 5) is 12.3. The molecule has 0 unspecified atom stereocenters. The summed E-state index contributed by atoms with van der Waals surface area (Å²) in [7, 11) is 2.95. The molecule has 0 fully saturated rings. The van der Waals surface area contributed by atoms with Gasteiger partial charge in [-0.25, -0.2) is 0 Å². The van der Waals surface area contributed by atoms with Crippen LogP contribution in [0.1, 0.15) is 18.1 Å². The Morgan fingerprint density at radius 2 is 1.45 bits per heavy atom. The van der Waals surface area contributed by atoms with E-state index in [1.807, 2.05) is 13.0 Å². The number of carbonyl (C=O) groups is 1. The molecule has 0 heterocycles. The van der Waals surface area contributed by atoms with Crippen molar-refractivity contribution >= 4 is 17.9 Å². The zero-order valence-electron chi connectivity index (χ0n) is 16.7. The number of phenolic OH excluding ortho intramolecular Hbond substituents is 2. The largest absolute Gasteiger partial charge is 0.504 e. The third kappa shape index (κ3) is 6.46. The summed E-state index contributed by atoms with van der Waals surface area (Å²) in [5, 5.41) is 22.4. The molecule has 2 aromatic rings. The Kier molecular flexibility index (Phi) is 7.91. The highest BCUT2D eigenvalue weighted by Crippen LogP contribution is 2.27. The van der Waals surface area contributed by atoms with Crippen LogP contribution in [0.3, 0.4) is 0 Å². The maximum atomic E-state index is 12.3. The topological polar surface area (TPSA) is 88.0 Å². The van der Waals surface area contributed by atoms with Crippen LogP contribution in [0.5, 0.6) is 23.0 Å². The Balaban J connectivity index is 2.15. The Morgan fingerprint density at radius 3 is 1.93 bits per heavy atom. The van der Waals surface area contributed by atoms with Gasteiger partial charge in [-0.1, -0.05) is 24.3 Å². The molecule has 0 aliphatic heterocycles. The average molecular weight is 395 g/mol. The van der Waals surface area contributed by atoms with Crippen LogP contribution in [0.25, 0.3) is 12.2 Å². The van der Waals surface area contributed by atoms with E-state index in [1.54, 1.807) is 42.5 Å². The Labute approximate surface area is 170 Å². The number of nitrogens with one attached hydrogen (secondary N) is 1. The fraction of sp³-hybridized carbons (Fsp3) is 0.174. The van der Waals surface area contributed by atoms with Crippen molar-refractivity contribution in [2.45, 2.75) is 6.92 Å². The number of ether oxygens (including phenoxy) is 2. The van der Waals surface area contributed by atoms with Crippen LogP contribution in [-0.2, 0) is 4.79 Å². The number of benzene rings is 2. The van der Waals surface area contributed by atoms with E-state index in [1.165, 1.54) is 32.4 Å². The van der Waals surface area contributed by atoms with Gasteiger partial charge < -0.3 is 25.0 Å². The van der Waals surface area contributed by atoms with Gasteiger partial charge in [0.25, 0.3) is 0 Å². The molecule has 0 amide bonds. The molecule has 2 aromatic carbocycles. The molecule has 0 spiro atoms. The van der Waals surface area contributed by atoms with Crippen molar-refractivity contribution in [1.29, 1.82) is 0 Å². The number of allylic oxidation sites excluding steroid dienone is 3. The Morgan fingerprint density at radius 1 is 0.931 bits per heavy atom. The van der Waals surface area contributed by atoms with E-state index in [0.29, 0.717) is 23.7 Å². The van der Waals surface area contributed by atoms with Gasteiger partial charge in [-0.2, -0.15) is 0 Å². The highest BCUT2D eigenvalue weighted by atomic mass is 16.5. The van der Waals surface area contributed by atoms with E-state index in [-0.39, 0.29) is 17.3 Å². The van der Waals surface area contributed by atoms with Gasteiger partial charge in [0, 0.05) is 18.3 Å². The molecule has 3 N–H and O–H groups in total. The molecule has 0 aromatic heterocycles. The molecule has 0 atom stereocenters. The molecule has 2 rings (SSSR count). The Bertz CT molecular complexity index is 944. The number of hydrogen-bond acceptors (Lipinski definition) is 6. The lowest BCUT2D eigenvalue weighted by molar-refractivity contribution is -0.110. The number of phenols is 2. The molecule has 0 aliphatic rings. The first kappa shape index (κ1) is 21.6. The monoisotopic (exact) mass is 395 g/mol. The zero-order valence-corrected chi connectivity index (χ0v) is 16.7. The summed E-state index contributed by atoms with van der Waals surface area (Å²) < 4.78 is 10.2. The molecule has 0 saturated carbocycles. The standard InChI is InChI=1S/C23H25NO5/c1-4-24-18(9-5-16-7-11-20(26)22(13-16)28-2)15-19(25)10-6-17-8-12-21(27)23(14-17)29-3/h5-15,24,26-27H,4H2,1-3H3/b9-5+,10-6+,18-15-. The van der Waals surface area contributed by atoms with Gasteiger partial charge in [-0.05, 0) is 54.5 Å². The lowest BCUT2D eigenvalue weighted by atomic mass is 10.1. The zero-order chi connectivity index (χ0) is 21.2. The molecule has 0 radical (unpaired) electrons. The first-order chi connectivity index (χ1) is 14.0. The summed E-state index contributed by atoms with van der Waals surface area (Å²) in [6.45, 7) is 2.59. The molecule has 0 bridgehead atoms. The number of rotatable bonds is 9. The van der Waals surface area contributed by atoms with Gasteiger partial charge in [0.05, 0.1) is 14.2 Å². The SMILES string of the molecule is CCNC(=C\C(=O)/C=C/c1ccc(O)c(OC)c1)/C=C/c1ccc(O)c(OC)c1. The third-order valence-electron chi connectivity index (χ3n) is 3.98. The van der Waals surface area contributed by atoms with Crippen molar-refractivity contribution in [1.82, 2.24) is 5.32 Å². The smallest absolute Gasteiger partial charge is 0.180 e. The molecule has 6 heteroatoms. The van der Waals surface area contributed by atoms with Crippen LogP contribution in [0.15, 0.2) is 60.3 Å². The lowest BCUT2D eigenvalue weighted by Crippen LogP contribution is -2.11. The van der Waals surface area contributed by atoms with E-state index in [0.717, 1.165) is 11.1 Å². The van der Waals surface area contributed by atoms with E-state index in [4.69, 9.17) is 9.47 Å². The fourth-order valence-electron chi connectivity index (χ4n) is 2.52. The molecule has 6 nitrogen and oxygen atoms in total. The predicted octanol–water partition coefficient (Wildman–Crippen LogP) is 3.90. The normalized spacial score (nSPS) is 11.8. The third-order valence-corrected chi connectivity index (χ3v) is 3.98. The van der Waals surface area contributed by atoms with E-state index >= 15 is 0 Å². The maximum absolute atomic E-state index is 12.3. The van der Waals surface area contributed by atoms with Crippen molar-refractivity contribution < 1.29 is 24.5 Å². The van der Waals surface area contributed by atoms with Crippen LogP contribution in [0.4, 0.5) is 0 Å². The minimum atomic E-state index is -0.194. The summed E-state index contributed by atoms with van der Waals surface area (Å²) >= 11 is 0. The predicted molar refractivity (Wildman–Crippen MR) is 114 cm³/mol. The van der Waals surface area contributed by atoms with Crippen LogP contribution in [0, 0.1) is 0 Å². The quantitative estimate of drug-likeness (QED) is 0.441. The second kappa shape index (κ2) is 10.6. The Hall–Kier alpha value is -3.67. The number of methoxy groups -OCH3 is 2. The van der Waals surface area contributed by atoms with Crippen molar-refractivity contribution in [2.24, 2.45) is 0 Å². The number of ketones is 1. The molecular weight excluding hydrogens is 370 g/mol. The van der Waals surface area contributed by atoms with Gasteiger partial charge >= 0.3 is 0 Å². The summed E-state index contributed by atoms with van der Waals surface area (Å²) in [5.41, 5.74) is 2.21. The van der Waals surface area contributed by atoms with Crippen LogP contribution < -0.4 is 14.8 Å². The minimum Gasteiger partial charge on any atom is -0.504 e.